The van der Waals surface area contributed by atoms with E-state index in [1.807, 2.05) is 22.2 Å². The first-order chi connectivity index (χ1) is 10.2. The molecule has 3 aromatic heterocycles. The third-order valence-electron chi connectivity index (χ3n) is 2.66. The minimum atomic E-state index is -0.146. The Morgan fingerprint density at radius 1 is 1.29 bits per heavy atom. The van der Waals surface area contributed by atoms with E-state index in [1.54, 1.807) is 23.5 Å². The molecule has 0 aromatic carbocycles. The molecular formula is C14H10ClN3OS2. The van der Waals surface area contributed by atoms with Crippen molar-refractivity contribution in [2.75, 3.05) is 5.32 Å². The fourth-order valence-electron chi connectivity index (χ4n) is 1.71. The maximum atomic E-state index is 11.9. The molecule has 21 heavy (non-hydrogen) atoms. The molecule has 3 aromatic rings. The van der Waals surface area contributed by atoms with Gasteiger partial charge >= 0.3 is 0 Å². The number of aromatic nitrogens is 2. The quantitative estimate of drug-likeness (QED) is 0.781. The third kappa shape index (κ3) is 3.66. The summed E-state index contributed by atoms with van der Waals surface area (Å²) < 4.78 is 0. The number of thiophene rings is 1. The van der Waals surface area contributed by atoms with Gasteiger partial charge in [0, 0.05) is 22.5 Å². The Morgan fingerprint density at radius 3 is 2.90 bits per heavy atom. The lowest BCUT2D eigenvalue weighted by Gasteiger charge is -2.02. The van der Waals surface area contributed by atoms with E-state index in [1.165, 1.54) is 17.5 Å². The lowest BCUT2D eigenvalue weighted by Crippen LogP contribution is -2.15. The number of carbonyl (C=O) groups is 1. The molecule has 0 aliphatic heterocycles. The van der Waals surface area contributed by atoms with Crippen molar-refractivity contribution in [2.45, 2.75) is 6.42 Å². The Balaban J connectivity index is 1.64. The van der Waals surface area contributed by atoms with Gasteiger partial charge in [-0.1, -0.05) is 11.6 Å². The van der Waals surface area contributed by atoms with Gasteiger partial charge in [0.2, 0.25) is 5.91 Å². The van der Waals surface area contributed by atoms with Gasteiger partial charge in [-0.05, 0) is 23.6 Å². The molecule has 0 aliphatic rings. The van der Waals surface area contributed by atoms with Gasteiger partial charge in [0.15, 0.2) is 0 Å². The first-order valence-electron chi connectivity index (χ1n) is 6.09. The average Bonchev–Trinajstić information content (AvgIpc) is 3.12. The number of pyridine rings is 1. The predicted octanol–water partition coefficient (Wildman–Crippen LogP) is 4.10. The standard InChI is InChI=1S/C14H10ClN3OS2/c15-10-1-2-12(16-6-10)18-13(19)5-11-8-21-14(17-11)9-3-4-20-7-9/h1-4,6-8H,5H2,(H,16,18,19). The van der Waals surface area contributed by atoms with Crippen LogP contribution >= 0.6 is 34.3 Å². The molecule has 0 atom stereocenters. The van der Waals surface area contributed by atoms with E-state index in [0.29, 0.717) is 10.8 Å². The lowest BCUT2D eigenvalue weighted by molar-refractivity contribution is -0.115. The molecule has 3 heterocycles. The van der Waals surface area contributed by atoms with Crippen LogP contribution in [0.3, 0.4) is 0 Å². The van der Waals surface area contributed by atoms with Crippen LogP contribution in [0, 0.1) is 0 Å². The van der Waals surface area contributed by atoms with Crippen molar-refractivity contribution in [3.05, 3.63) is 51.3 Å². The minimum Gasteiger partial charge on any atom is -0.310 e. The van der Waals surface area contributed by atoms with E-state index < -0.39 is 0 Å². The Labute approximate surface area is 134 Å². The predicted molar refractivity (Wildman–Crippen MR) is 87.0 cm³/mol. The van der Waals surface area contributed by atoms with Gasteiger partial charge in [-0.3, -0.25) is 4.79 Å². The van der Waals surface area contributed by atoms with Gasteiger partial charge in [0.25, 0.3) is 0 Å². The summed E-state index contributed by atoms with van der Waals surface area (Å²) in [4.78, 5) is 20.4. The molecule has 1 amide bonds. The van der Waals surface area contributed by atoms with Gasteiger partial charge in [0.05, 0.1) is 17.1 Å². The third-order valence-corrected chi connectivity index (χ3v) is 4.50. The Kier molecular flexibility index (Phi) is 4.28. The van der Waals surface area contributed by atoms with Crippen LogP contribution in [-0.4, -0.2) is 15.9 Å². The van der Waals surface area contributed by atoms with Crippen LogP contribution in [0.25, 0.3) is 10.6 Å². The van der Waals surface area contributed by atoms with Crippen LogP contribution in [0.4, 0.5) is 5.82 Å². The van der Waals surface area contributed by atoms with E-state index >= 15 is 0 Å². The molecule has 0 saturated carbocycles. The molecule has 0 spiro atoms. The number of anilines is 1. The second-order valence-electron chi connectivity index (χ2n) is 4.24. The van der Waals surface area contributed by atoms with Crippen molar-refractivity contribution < 1.29 is 4.79 Å². The molecule has 0 radical (unpaired) electrons. The van der Waals surface area contributed by atoms with Crippen molar-refractivity contribution in [1.29, 1.82) is 0 Å². The summed E-state index contributed by atoms with van der Waals surface area (Å²) in [5, 5.41) is 10.1. The fourth-order valence-corrected chi connectivity index (χ4v) is 3.35. The zero-order valence-electron chi connectivity index (χ0n) is 10.7. The molecule has 0 fully saturated rings. The summed E-state index contributed by atoms with van der Waals surface area (Å²) in [6.07, 6.45) is 1.72. The SMILES string of the molecule is O=C(Cc1csc(-c2ccsc2)n1)Nc1ccc(Cl)cn1. The molecular weight excluding hydrogens is 326 g/mol. The van der Waals surface area contributed by atoms with Crippen LogP contribution in [0.2, 0.25) is 5.02 Å². The molecule has 7 heteroatoms. The number of nitrogens with zero attached hydrogens (tertiary/aromatic N) is 2. The fraction of sp³-hybridized carbons (Fsp3) is 0.0714. The highest BCUT2D eigenvalue weighted by atomic mass is 35.5. The van der Waals surface area contributed by atoms with Crippen molar-refractivity contribution in [3.63, 3.8) is 0 Å². The average molecular weight is 336 g/mol. The van der Waals surface area contributed by atoms with Crippen molar-refractivity contribution in [2.24, 2.45) is 0 Å². The number of halogens is 1. The van der Waals surface area contributed by atoms with Crippen molar-refractivity contribution in [1.82, 2.24) is 9.97 Å². The molecule has 4 nitrogen and oxygen atoms in total. The number of hydrogen-bond acceptors (Lipinski definition) is 5. The molecule has 3 rings (SSSR count). The summed E-state index contributed by atoms with van der Waals surface area (Å²) in [7, 11) is 0. The number of carbonyl (C=O) groups excluding carboxylic acids is 1. The molecule has 0 bridgehead atoms. The van der Waals surface area contributed by atoms with Crippen LogP contribution in [0.5, 0.6) is 0 Å². The minimum absolute atomic E-state index is 0.146. The highest BCUT2D eigenvalue weighted by molar-refractivity contribution is 7.14. The molecule has 106 valence electrons. The van der Waals surface area contributed by atoms with Crippen LogP contribution in [0.1, 0.15) is 5.69 Å². The normalized spacial score (nSPS) is 10.5. The zero-order chi connectivity index (χ0) is 14.7. The van der Waals surface area contributed by atoms with Crippen molar-refractivity contribution >= 4 is 46.0 Å². The van der Waals surface area contributed by atoms with Crippen LogP contribution < -0.4 is 5.32 Å². The molecule has 1 N–H and O–H groups in total. The van der Waals surface area contributed by atoms with Gasteiger partial charge in [-0.15, -0.1) is 11.3 Å². The monoisotopic (exact) mass is 335 g/mol. The van der Waals surface area contributed by atoms with E-state index in [9.17, 15) is 4.79 Å². The second-order valence-corrected chi connectivity index (χ2v) is 6.32. The summed E-state index contributed by atoms with van der Waals surface area (Å²) in [5.74, 6) is 0.338. The highest BCUT2D eigenvalue weighted by Crippen LogP contribution is 2.25. The number of amides is 1. The first kappa shape index (κ1) is 14.2. The van der Waals surface area contributed by atoms with E-state index in [4.69, 9.17) is 11.6 Å². The molecule has 0 saturated heterocycles. The summed E-state index contributed by atoms with van der Waals surface area (Å²) in [6.45, 7) is 0. The number of thiazole rings is 1. The first-order valence-corrected chi connectivity index (χ1v) is 8.29. The summed E-state index contributed by atoms with van der Waals surface area (Å²) >= 11 is 8.92. The topological polar surface area (TPSA) is 54.9 Å². The van der Waals surface area contributed by atoms with Gasteiger partial charge in [0.1, 0.15) is 10.8 Å². The number of hydrogen-bond donors (Lipinski definition) is 1. The maximum Gasteiger partial charge on any atom is 0.231 e. The number of nitrogens with one attached hydrogen (secondary N) is 1. The Morgan fingerprint density at radius 2 is 2.19 bits per heavy atom. The van der Waals surface area contributed by atoms with Gasteiger partial charge in [-0.25, -0.2) is 9.97 Å². The second kappa shape index (κ2) is 6.34. The lowest BCUT2D eigenvalue weighted by atomic mass is 10.3. The Bertz CT molecular complexity index is 738. The zero-order valence-corrected chi connectivity index (χ0v) is 13.1. The molecule has 0 unspecified atom stereocenters. The summed E-state index contributed by atoms with van der Waals surface area (Å²) in [5.41, 5.74) is 1.85. The largest absolute Gasteiger partial charge is 0.310 e. The van der Waals surface area contributed by atoms with Crippen LogP contribution in [-0.2, 0) is 11.2 Å². The Hall–Kier alpha value is -1.76. The van der Waals surface area contributed by atoms with E-state index in [2.05, 4.69) is 15.3 Å². The van der Waals surface area contributed by atoms with E-state index in [-0.39, 0.29) is 12.3 Å². The smallest absolute Gasteiger partial charge is 0.231 e. The highest BCUT2D eigenvalue weighted by Gasteiger charge is 2.10. The molecule has 0 aliphatic carbocycles. The van der Waals surface area contributed by atoms with E-state index in [0.717, 1.165) is 16.3 Å². The van der Waals surface area contributed by atoms with Crippen molar-refractivity contribution in [3.8, 4) is 10.6 Å². The maximum absolute atomic E-state index is 11.9. The van der Waals surface area contributed by atoms with Gasteiger partial charge in [-0.2, -0.15) is 11.3 Å². The summed E-state index contributed by atoms with van der Waals surface area (Å²) in [6, 6.07) is 5.37. The number of rotatable bonds is 4. The van der Waals surface area contributed by atoms with Gasteiger partial charge < -0.3 is 5.32 Å². The van der Waals surface area contributed by atoms with Crippen LogP contribution in [0.15, 0.2) is 40.5 Å².